The van der Waals surface area contributed by atoms with Crippen molar-refractivity contribution in [3.8, 4) is 0 Å². The Morgan fingerprint density at radius 1 is 1.32 bits per heavy atom. The van der Waals surface area contributed by atoms with Gasteiger partial charge in [-0.3, -0.25) is 4.79 Å². The third-order valence-corrected chi connectivity index (χ3v) is 2.70. The zero-order chi connectivity index (χ0) is 14.1. The van der Waals surface area contributed by atoms with E-state index < -0.39 is 0 Å². The molecule has 1 aromatic rings. The predicted molar refractivity (Wildman–Crippen MR) is 75.1 cm³/mol. The lowest BCUT2D eigenvalue weighted by Crippen LogP contribution is -2.31. The molecule has 0 saturated heterocycles. The first kappa shape index (κ1) is 15.6. The highest BCUT2D eigenvalue weighted by Crippen LogP contribution is 2.14. The monoisotopic (exact) mass is 266 g/mol. The maximum Gasteiger partial charge on any atom is 0.221 e. The number of nitrogens with one attached hydrogen (secondary N) is 2. The van der Waals surface area contributed by atoms with Crippen LogP contribution < -0.4 is 10.6 Å². The maximum atomic E-state index is 11.1. The van der Waals surface area contributed by atoms with E-state index in [1.165, 1.54) is 6.92 Å². The normalized spacial score (nSPS) is 12.2. The fourth-order valence-electron chi connectivity index (χ4n) is 1.75. The Labute approximate surface area is 114 Å². The van der Waals surface area contributed by atoms with Gasteiger partial charge in [0.15, 0.2) is 0 Å². The predicted octanol–water partition coefficient (Wildman–Crippen LogP) is 1.40. The van der Waals surface area contributed by atoms with E-state index in [1.807, 2.05) is 24.3 Å². The summed E-state index contributed by atoms with van der Waals surface area (Å²) in [6, 6.07) is 7.72. The quantitative estimate of drug-likeness (QED) is 0.746. The molecule has 0 spiro atoms. The molecule has 106 valence electrons. The maximum absolute atomic E-state index is 11.1. The minimum absolute atomic E-state index is 0.0259. The lowest BCUT2D eigenvalue weighted by molar-refractivity contribution is -0.114. The number of rotatable bonds is 8. The van der Waals surface area contributed by atoms with Crippen molar-refractivity contribution in [3.63, 3.8) is 0 Å². The van der Waals surface area contributed by atoms with Gasteiger partial charge in [0, 0.05) is 39.9 Å². The van der Waals surface area contributed by atoms with Crippen LogP contribution in [0.25, 0.3) is 0 Å². The average molecular weight is 266 g/mol. The number of ether oxygens (including phenoxy) is 2. The van der Waals surface area contributed by atoms with Gasteiger partial charge in [-0.25, -0.2) is 0 Å². The zero-order valence-corrected chi connectivity index (χ0v) is 11.7. The Balaban J connectivity index is 2.50. The molecule has 0 saturated carbocycles. The first-order chi connectivity index (χ1) is 9.17. The molecule has 1 amide bonds. The van der Waals surface area contributed by atoms with E-state index >= 15 is 0 Å². The summed E-state index contributed by atoms with van der Waals surface area (Å²) in [6.07, 6.45) is 0.0259. The number of hydrogen-bond donors (Lipinski definition) is 2. The Morgan fingerprint density at radius 2 is 2.05 bits per heavy atom. The Hall–Kier alpha value is -1.43. The number of hydrogen-bond acceptors (Lipinski definition) is 4. The third-order valence-electron chi connectivity index (χ3n) is 2.70. The number of anilines is 1. The average Bonchev–Trinajstić information content (AvgIpc) is 2.39. The van der Waals surface area contributed by atoms with Crippen molar-refractivity contribution < 1.29 is 14.3 Å². The number of carbonyl (C=O) groups excluding carboxylic acids is 1. The lowest BCUT2D eigenvalue weighted by atomic mass is 10.1. The van der Waals surface area contributed by atoms with Crippen LogP contribution in [0.1, 0.15) is 12.5 Å². The molecule has 0 radical (unpaired) electrons. The van der Waals surface area contributed by atoms with Crippen LogP contribution in [0.4, 0.5) is 5.69 Å². The van der Waals surface area contributed by atoms with E-state index in [9.17, 15) is 4.79 Å². The second-order valence-electron chi connectivity index (χ2n) is 4.28. The number of amides is 1. The van der Waals surface area contributed by atoms with Crippen molar-refractivity contribution in [2.75, 3.05) is 32.7 Å². The van der Waals surface area contributed by atoms with E-state index in [0.29, 0.717) is 19.7 Å². The summed E-state index contributed by atoms with van der Waals surface area (Å²) in [5.74, 6) is -0.0680. The SMILES string of the molecule is COCC(CNCc1ccccc1NC(C)=O)OC. The minimum atomic E-state index is -0.0680. The van der Waals surface area contributed by atoms with Crippen LogP contribution in [0.5, 0.6) is 0 Å². The van der Waals surface area contributed by atoms with Gasteiger partial charge < -0.3 is 20.1 Å². The van der Waals surface area contributed by atoms with Crippen molar-refractivity contribution in [1.29, 1.82) is 0 Å². The molecule has 1 unspecified atom stereocenters. The molecule has 0 aliphatic rings. The molecule has 2 N–H and O–H groups in total. The largest absolute Gasteiger partial charge is 0.382 e. The zero-order valence-electron chi connectivity index (χ0n) is 11.7. The highest BCUT2D eigenvalue weighted by molar-refractivity contribution is 5.89. The summed E-state index contributed by atoms with van der Waals surface area (Å²) in [4.78, 5) is 11.1. The Kier molecular flexibility index (Phi) is 7.10. The minimum Gasteiger partial charge on any atom is -0.382 e. The highest BCUT2D eigenvalue weighted by atomic mass is 16.5. The standard InChI is InChI=1S/C14H22N2O3/c1-11(17)16-14-7-5-4-6-12(14)8-15-9-13(19-3)10-18-2/h4-7,13,15H,8-10H2,1-3H3,(H,16,17). The number of benzene rings is 1. The van der Waals surface area contributed by atoms with E-state index in [1.54, 1.807) is 14.2 Å². The van der Waals surface area contributed by atoms with Gasteiger partial charge in [-0.05, 0) is 11.6 Å². The highest BCUT2D eigenvalue weighted by Gasteiger charge is 2.07. The van der Waals surface area contributed by atoms with E-state index in [2.05, 4.69) is 10.6 Å². The van der Waals surface area contributed by atoms with Gasteiger partial charge in [0.25, 0.3) is 0 Å². The molecule has 0 fully saturated rings. The van der Waals surface area contributed by atoms with Gasteiger partial charge in [0.05, 0.1) is 12.7 Å². The first-order valence-electron chi connectivity index (χ1n) is 6.25. The molecule has 1 aromatic carbocycles. The molecule has 0 heterocycles. The van der Waals surface area contributed by atoms with Crippen LogP contribution in [0, 0.1) is 0 Å². The van der Waals surface area contributed by atoms with Gasteiger partial charge in [-0.1, -0.05) is 18.2 Å². The summed E-state index contributed by atoms with van der Waals surface area (Å²) in [6.45, 7) is 3.42. The number of carbonyl (C=O) groups is 1. The molecule has 1 rings (SSSR count). The van der Waals surface area contributed by atoms with Crippen LogP contribution in [-0.2, 0) is 20.8 Å². The fraction of sp³-hybridized carbons (Fsp3) is 0.500. The van der Waals surface area contributed by atoms with Gasteiger partial charge in [0.2, 0.25) is 5.91 Å². The topological polar surface area (TPSA) is 59.6 Å². The second kappa shape index (κ2) is 8.63. The molecule has 5 heteroatoms. The number of para-hydroxylation sites is 1. The van der Waals surface area contributed by atoms with Crippen molar-refractivity contribution >= 4 is 11.6 Å². The van der Waals surface area contributed by atoms with Crippen molar-refractivity contribution in [1.82, 2.24) is 5.32 Å². The van der Waals surface area contributed by atoms with E-state index in [-0.39, 0.29) is 12.0 Å². The summed E-state index contributed by atoms with van der Waals surface area (Å²) >= 11 is 0. The van der Waals surface area contributed by atoms with Crippen molar-refractivity contribution in [2.24, 2.45) is 0 Å². The van der Waals surface area contributed by atoms with Crippen LogP contribution in [0.15, 0.2) is 24.3 Å². The molecule has 0 aliphatic carbocycles. The van der Waals surface area contributed by atoms with Crippen LogP contribution >= 0.6 is 0 Å². The first-order valence-corrected chi connectivity index (χ1v) is 6.25. The summed E-state index contributed by atoms with van der Waals surface area (Å²) < 4.78 is 10.3. The molecular weight excluding hydrogens is 244 g/mol. The molecule has 0 bridgehead atoms. The van der Waals surface area contributed by atoms with Crippen molar-refractivity contribution in [3.05, 3.63) is 29.8 Å². The molecule has 5 nitrogen and oxygen atoms in total. The molecule has 0 aromatic heterocycles. The molecule has 19 heavy (non-hydrogen) atoms. The third kappa shape index (κ3) is 5.83. The number of methoxy groups -OCH3 is 2. The van der Waals surface area contributed by atoms with Gasteiger partial charge in [-0.2, -0.15) is 0 Å². The van der Waals surface area contributed by atoms with Gasteiger partial charge >= 0.3 is 0 Å². The van der Waals surface area contributed by atoms with Gasteiger partial charge in [0.1, 0.15) is 0 Å². The van der Waals surface area contributed by atoms with E-state index in [4.69, 9.17) is 9.47 Å². The Morgan fingerprint density at radius 3 is 2.68 bits per heavy atom. The smallest absolute Gasteiger partial charge is 0.221 e. The van der Waals surface area contributed by atoms with E-state index in [0.717, 1.165) is 11.3 Å². The van der Waals surface area contributed by atoms with Crippen LogP contribution in [-0.4, -0.2) is 39.4 Å². The van der Waals surface area contributed by atoms with Crippen molar-refractivity contribution in [2.45, 2.75) is 19.6 Å². The summed E-state index contributed by atoms with van der Waals surface area (Å²) in [7, 11) is 3.31. The molecule has 0 aliphatic heterocycles. The fourth-order valence-corrected chi connectivity index (χ4v) is 1.75. The second-order valence-corrected chi connectivity index (χ2v) is 4.28. The molecule has 1 atom stereocenters. The molecular formula is C14H22N2O3. The Bertz CT molecular complexity index is 396. The van der Waals surface area contributed by atoms with Crippen LogP contribution in [0.3, 0.4) is 0 Å². The lowest BCUT2D eigenvalue weighted by Gasteiger charge is -2.16. The van der Waals surface area contributed by atoms with Gasteiger partial charge in [-0.15, -0.1) is 0 Å². The summed E-state index contributed by atoms with van der Waals surface area (Å²) in [5, 5.41) is 6.11. The van der Waals surface area contributed by atoms with Crippen LogP contribution in [0.2, 0.25) is 0 Å². The summed E-state index contributed by atoms with van der Waals surface area (Å²) in [5.41, 5.74) is 1.88.